The van der Waals surface area contributed by atoms with Crippen molar-refractivity contribution in [2.45, 2.75) is 12.3 Å². The molecule has 0 saturated carbocycles. The van der Waals surface area contributed by atoms with Crippen LogP contribution >= 0.6 is 11.6 Å². The van der Waals surface area contributed by atoms with Gasteiger partial charge in [0.2, 0.25) is 5.91 Å². The number of carbonyl (C=O) groups excluding carboxylic acids is 1. The number of rotatable bonds is 4. The van der Waals surface area contributed by atoms with Gasteiger partial charge in [-0.05, 0) is 31.2 Å². The van der Waals surface area contributed by atoms with E-state index in [0.29, 0.717) is 11.4 Å². The minimum atomic E-state index is -0.571. The van der Waals surface area contributed by atoms with E-state index in [9.17, 15) is 4.79 Å². The van der Waals surface area contributed by atoms with Gasteiger partial charge in [-0.15, -0.1) is 11.6 Å². The van der Waals surface area contributed by atoms with Crippen LogP contribution < -0.4 is 10.1 Å². The Kier molecular flexibility index (Phi) is 4.42. The number of amides is 1. The molecule has 2 aromatic rings. The van der Waals surface area contributed by atoms with Crippen molar-refractivity contribution in [2.24, 2.45) is 0 Å². The Balaban J connectivity index is 2.09. The molecule has 1 amide bonds. The Morgan fingerprint density at radius 1 is 1.11 bits per heavy atom. The van der Waals surface area contributed by atoms with E-state index in [-0.39, 0.29) is 5.91 Å². The lowest BCUT2D eigenvalue weighted by atomic mass is 10.3. The predicted octanol–water partition coefficient (Wildman–Crippen LogP) is 4.04. The summed E-state index contributed by atoms with van der Waals surface area (Å²) in [5.41, 5.74) is 0.658. The SMILES string of the molecule is C[C@@H](Cl)C(=O)Nc1cccc(Oc2ccccc2)c1. The van der Waals surface area contributed by atoms with Crippen LogP contribution in [0, 0.1) is 0 Å². The highest BCUT2D eigenvalue weighted by atomic mass is 35.5. The van der Waals surface area contributed by atoms with Crippen molar-refractivity contribution in [1.29, 1.82) is 0 Å². The van der Waals surface area contributed by atoms with Crippen LogP contribution in [0.15, 0.2) is 54.6 Å². The molecule has 0 fully saturated rings. The average Bonchev–Trinajstić information content (AvgIpc) is 2.40. The van der Waals surface area contributed by atoms with Gasteiger partial charge in [-0.25, -0.2) is 0 Å². The maximum absolute atomic E-state index is 11.5. The fourth-order valence-electron chi connectivity index (χ4n) is 1.50. The zero-order valence-corrected chi connectivity index (χ0v) is 11.2. The quantitative estimate of drug-likeness (QED) is 0.855. The number of hydrogen-bond donors (Lipinski definition) is 1. The summed E-state index contributed by atoms with van der Waals surface area (Å²) in [7, 11) is 0. The summed E-state index contributed by atoms with van der Waals surface area (Å²) >= 11 is 5.70. The minimum absolute atomic E-state index is 0.237. The topological polar surface area (TPSA) is 38.3 Å². The van der Waals surface area contributed by atoms with E-state index in [0.717, 1.165) is 5.75 Å². The largest absolute Gasteiger partial charge is 0.457 e. The maximum atomic E-state index is 11.5. The third kappa shape index (κ3) is 4.00. The van der Waals surface area contributed by atoms with Crippen LogP contribution in [0.2, 0.25) is 0 Å². The van der Waals surface area contributed by atoms with Gasteiger partial charge in [0, 0.05) is 11.8 Å². The van der Waals surface area contributed by atoms with Crippen LogP contribution in [0.5, 0.6) is 11.5 Å². The van der Waals surface area contributed by atoms with Crippen molar-refractivity contribution in [3.8, 4) is 11.5 Å². The fourth-order valence-corrected chi connectivity index (χ4v) is 1.56. The lowest BCUT2D eigenvalue weighted by Crippen LogP contribution is -2.20. The molecule has 0 saturated heterocycles. The van der Waals surface area contributed by atoms with Crippen molar-refractivity contribution in [1.82, 2.24) is 0 Å². The molecule has 0 aliphatic carbocycles. The highest BCUT2D eigenvalue weighted by Crippen LogP contribution is 2.23. The van der Waals surface area contributed by atoms with Crippen LogP contribution in [0.25, 0.3) is 0 Å². The van der Waals surface area contributed by atoms with E-state index in [1.165, 1.54) is 0 Å². The first kappa shape index (κ1) is 13.4. The number of nitrogens with one attached hydrogen (secondary N) is 1. The van der Waals surface area contributed by atoms with Crippen LogP contribution in [0.3, 0.4) is 0 Å². The molecule has 0 unspecified atom stereocenters. The fraction of sp³-hybridized carbons (Fsp3) is 0.133. The zero-order valence-electron chi connectivity index (χ0n) is 10.5. The van der Waals surface area contributed by atoms with Gasteiger partial charge in [0.15, 0.2) is 0 Å². The molecule has 1 atom stereocenters. The molecule has 19 heavy (non-hydrogen) atoms. The third-order valence-electron chi connectivity index (χ3n) is 2.44. The maximum Gasteiger partial charge on any atom is 0.242 e. The number of carbonyl (C=O) groups is 1. The molecule has 3 nitrogen and oxygen atoms in total. The lowest BCUT2D eigenvalue weighted by molar-refractivity contribution is -0.115. The summed E-state index contributed by atoms with van der Waals surface area (Å²) in [6, 6.07) is 16.6. The molecule has 1 N–H and O–H groups in total. The minimum Gasteiger partial charge on any atom is -0.457 e. The van der Waals surface area contributed by atoms with Gasteiger partial charge in [0.1, 0.15) is 16.9 Å². The number of hydrogen-bond acceptors (Lipinski definition) is 2. The molecule has 0 bridgehead atoms. The van der Waals surface area contributed by atoms with Crippen molar-refractivity contribution >= 4 is 23.2 Å². The molecule has 0 spiro atoms. The molecule has 0 aliphatic rings. The second-order valence-corrected chi connectivity index (χ2v) is 4.70. The Hall–Kier alpha value is -2.00. The van der Waals surface area contributed by atoms with Gasteiger partial charge in [-0.3, -0.25) is 4.79 Å². The highest BCUT2D eigenvalue weighted by molar-refractivity contribution is 6.32. The second kappa shape index (κ2) is 6.25. The summed E-state index contributed by atoms with van der Waals surface area (Å²) in [4.78, 5) is 11.5. The van der Waals surface area contributed by atoms with Crippen molar-refractivity contribution in [2.75, 3.05) is 5.32 Å². The number of para-hydroxylation sites is 1. The van der Waals surface area contributed by atoms with Crippen LogP contribution in [0.1, 0.15) is 6.92 Å². The van der Waals surface area contributed by atoms with Crippen molar-refractivity contribution in [3.63, 3.8) is 0 Å². The normalized spacial score (nSPS) is 11.7. The van der Waals surface area contributed by atoms with Crippen molar-refractivity contribution in [3.05, 3.63) is 54.6 Å². The molecular formula is C15H14ClNO2. The average molecular weight is 276 g/mol. The second-order valence-electron chi connectivity index (χ2n) is 4.05. The van der Waals surface area contributed by atoms with E-state index in [1.807, 2.05) is 42.5 Å². The molecule has 0 aromatic heterocycles. The molecule has 0 radical (unpaired) electrons. The molecule has 2 aromatic carbocycles. The first-order valence-corrected chi connectivity index (χ1v) is 6.37. The van der Waals surface area contributed by atoms with E-state index in [2.05, 4.69) is 5.32 Å². The van der Waals surface area contributed by atoms with Gasteiger partial charge in [-0.2, -0.15) is 0 Å². The zero-order chi connectivity index (χ0) is 13.7. The van der Waals surface area contributed by atoms with Crippen LogP contribution in [-0.4, -0.2) is 11.3 Å². The number of ether oxygens (including phenoxy) is 1. The highest BCUT2D eigenvalue weighted by Gasteiger charge is 2.09. The van der Waals surface area contributed by atoms with Crippen molar-refractivity contribution < 1.29 is 9.53 Å². The van der Waals surface area contributed by atoms with Gasteiger partial charge < -0.3 is 10.1 Å². The predicted molar refractivity (Wildman–Crippen MR) is 76.9 cm³/mol. The summed E-state index contributed by atoms with van der Waals surface area (Å²) in [6.07, 6.45) is 0. The van der Waals surface area contributed by atoms with E-state index in [1.54, 1.807) is 19.1 Å². The number of alkyl halides is 1. The first-order chi connectivity index (χ1) is 9.15. The Bertz CT molecular complexity index is 555. The van der Waals surface area contributed by atoms with Gasteiger partial charge in [-0.1, -0.05) is 24.3 Å². The molecule has 0 aliphatic heterocycles. The summed E-state index contributed by atoms with van der Waals surface area (Å²) < 4.78 is 5.68. The summed E-state index contributed by atoms with van der Waals surface area (Å²) in [5, 5.41) is 2.15. The number of benzene rings is 2. The van der Waals surface area contributed by atoms with Gasteiger partial charge in [0.25, 0.3) is 0 Å². The number of anilines is 1. The first-order valence-electron chi connectivity index (χ1n) is 5.93. The van der Waals surface area contributed by atoms with E-state index >= 15 is 0 Å². The van der Waals surface area contributed by atoms with Gasteiger partial charge in [0.05, 0.1) is 0 Å². The summed E-state index contributed by atoms with van der Waals surface area (Å²) in [5.74, 6) is 1.17. The third-order valence-corrected chi connectivity index (χ3v) is 2.64. The molecule has 4 heteroatoms. The Morgan fingerprint density at radius 3 is 2.47 bits per heavy atom. The standard InChI is InChI=1S/C15H14ClNO2/c1-11(16)15(18)17-12-6-5-9-14(10-12)19-13-7-3-2-4-8-13/h2-11H,1H3,(H,17,18)/t11-/m1/s1. The van der Waals surface area contributed by atoms with E-state index < -0.39 is 5.38 Å². The van der Waals surface area contributed by atoms with Gasteiger partial charge >= 0.3 is 0 Å². The van der Waals surface area contributed by atoms with E-state index in [4.69, 9.17) is 16.3 Å². The Morgan fingerprint density at radius 2 is 1.79 bits per heavy atom. The molecule has 2 rings (SSSR count). The summed E-state index contributed by atoms with van der Waals surface area (Å²) in [6.45, 7) is 1.63. The van der Waals surface area contributed by atoms with Crippen LogP contribution in [-0.2, 0) is 4.79 Å². The smallest absolute Gasteiger partial charge is 0.242 e. The number of halogens is 1. The Labute approximate surface area is 117 Å². The molecule has 98 valence electrons. The monoisotopic (exact) mass is 275 g/mol. The van der Waals surface area contributed by atoms with Crippen LogP contribution in [0.4, 0.5) is 5.69 Å². The molecular weight excluding hydrogens is 262 g/mol. The molecule has 0 heterocycles. The lowest BCUT2D eigenvalue weighted by Gasteiger charge is -2.09.